The topological polar surface area (TPSA) is 73.4 Å². The van der Waals surface area contributed by atoms with Gasteiger partial charge in [0.1, 0.15) is 17.0 Å². The molecule has 0 radical (unpaired) electrons. The SMILES string of the molecule is O=C(Nc1ccc2c(c1)CNCC2)N1CCN(c2ncnc3sccc23)CC1. The van der Waals surface area contributed by atoms with Gasteiger partial charge in [0.05, 0.1) is 5.39 Å². The Balaban J connectivity index is 1.23. The van der Waals surface area contributed by atoms with Gasteiger partial charge in [-0.05, 0) is 47.7 Å². The molecule has 0 unspecified atom stereocenters. The maximum atomic E-state index is 12.7. The third kappa shape index (κ3) is 3.29. The second-order valence-corrected chi connectivity index (χ2v) is 8.05. The van der Waals surface area contributed by atoms with E-state index in [4.69, 9.17) is 0 Å². The van der Waals surface area contributed by atoms with Crippen molar-refractivity contribution in [2.24, 2.45) is 0 Å². The Bertz CT molecular complexity index is 1010. The second-order valence-electron chi connectivity index (χ2n) is 7.15. The first-order valence-corrected chi connectivity index (χ1v) is 10.5. The fraction of sp³-hybridized carbons (Fsp3) is 0.350. The van der Waals surface area contributed by atoms with E-state index >= 15 is 0 Å². The number of hydrogen-bond acceptors (Lipinski definition) is 6. The van der Waals surface area contributed by atoms with Crippen LogP contribution in [0.25, 0.3) is 10.2 Å². The first kappa shape index (κ1) is 17.4. The van der Waals surface area contributed by atoms with Gasteiger partial charge in [-0.3, -0.25) is 0 Å². The molecule has 1 aromatic carbocycles. The summed E-state index contributed by atoms with van der Waals surface area (Å²) in [6.07, 6.45) is 2.67. The van der Waals surface area contributed by atoms with Crippen LogP contribution in [0.4, 0.5) is 16.3 Å². The predicted molar refractivity (Wildman–Crippen MR) is 112 cm³/mol. The monoisotopic (exact) mass is 394 g/mol. The van der Waals surface area contributed by atoms with Gasteiger partial charge in [-0.15, -0.1) is 11.3 Å². The number of amides is 2. The minimum atomic E-state index is -0.0354. The van der Waals surface area contributed by atoms with Gasteiger partial charge in [0, 0.05) is 38.4 Å². The summed E-state index contributed by atoms with van der Waals surface area (Å²) in [5.74, 6) is 0.966. The standard InChI is InChI=1S/C20H22N6OS/c27-20(24-16-2-1-14-3-5-21-12-15(14)11-16)26-8-6-25(7-9-26)18-17-4-10-28-19(17)23-13-22-18/h1-2,4,10-11,13,21H,3,5-9,12H2,(H,24,27). The van der Waals surface area contributed by atoms with E-state index in [9.17, 15) is 4.79 Å². The second kappa shape index (κ2) is 7.37. The van der Waals surface area contributed by atoms with E-state index in [0.717, 1.165) is 54.3 Å². The van der Waals surface area contributed by atoms with Crippen LogP contribution in [-0.4, -0.2) is 53.6 Å². The lowest BCUT2D eigenvalue weighted by molar-refractivity contribution is 0.208. The van der Waals surface area contributed by atoms with Crippen molar-refractivity contribution in [3.63, 3.8) is 0 Å². The van der Waals surface area contributed by atoms with Gasteiger partial charge in [-0.2, -0.15) is 0 Å². The van der Waals surface area contributed by atoms with Crippen LogP contribution >= 0.6 is 11.3 Å². The number of nitrogens with one attached hydrogen (secondary N) is 2. The highest BCUT2D eigenvalue weighted by atomic mass is 32.1. The smallest absolute Gasteiger partial charge is 0.321 e. The number of urea groups is 1. The summed E-state index contributed by atoms with van der Waals surface area (Å²) in [5, 5.41) is 9.57. The van der Waals surface area contributed by atoms with E-state index in [-0.39, 0.29) is 6.03 Å². The molecule has 8 heteroatoms. The van der Waals surface area contributed by atoms with Gasteiger partial charge in [0.25, 0.3) is 0 Å². The number of fused-ring (bicyclic) bond motifs is 2. The molecule has 5 rings (SSSR count). The molecule has 4 heterocycles. The van der Waals surface area contributed by atoms with Gasteiger partial charge < -0.3 is 20.4 Å². The van der Waals surface area contributed by atoms with Crippen LogP contribution in [0.2, 0.25) is 0 Å². The number of benzene rings is 1. The van der Waals surface area contributed by atoms with Crippen molar-refractivity contribution in [2.75, 3.05) is 42.9 Å². The Hall–Kier alpha value is -2.71. The fourth-order valence-corrected chi connectivity index (χ4v) is 4.64. The van der Waals surface area contributed by atoms with Crippen LogP contribution in [0.1, 0.15) is 11.1 Å². The first-order chi connectivity index (χ1) is 13.8. The highest BCUT2D eigenvalue weighted by Gasteiger charge is 2.23. The van der Waals surface area contributed by atoms with Gasteiger partial charge in [-0.1, -0.05) is 6.07 Å². The largest absolute Gasteiger partial charge is 0.352 e. The Morgan fingerprint density at radius 3 is 2.89 bits per heavy atom. The van der Waals surface area contributed by atoms with Crippen LogP contribution in [0.15, 0.2) is 36.0 Å². The molecule has 0 atom stereocenters. The summed E-state index contributed by atoms with van der Waals surface area (Å²) in [4.78, 5) is 26.6. The molecule has 0 saturated carbocycles. The molecule has 7 nitrogen and oxygen atoms in total. The molecule has 1 fully saturated rings. The normalized spacial score (nSPS) is 16.9. The zero-order chi connectivity index (χ0) is 18.9. The third-order valence-electron chi connectivity index (χ3n) is 5.45. The Morgan fingerprint density at radius 1 is 1.11 bits per heavy atom. The fourth-order valence-electron chi connectivity index (χ4n) is 3.91. The van der Waals surface area contributed by atoms with Crippen molar-refractivity contribution < 1.29 is 4.79 Å². The average molecular weight is 395 g/mol. The number of carbonyl (C=O) groups excluding carboxylic acids is 1. The Kier molecular flexibility index (Phi) is 4.58. The van der Waals surface area contributed by atoms with Crippen molar-refractivity contribution in [1.82, 2.24) is 20.2 Å². The van der Waals surface area contributed by atoms with Gasteiger partial charge in [0.15, 0.2) is 0 Å². The first-order valence-electron chi connectivity index (χ1n) is 9.59. The number of anilines is 2. The molecule has 2 amide bonds. The third-order valence-corrected chi connectivity index (χ3v) is 6.27. The summed E-state index contributed by atoms with van der Waals surface area (Å²) in [6.45, 7) is 4.77. The number of rotatable bonds is 2. The molecule has 0 aliphatic carbocycles. The lowest BCUT2D eigenvalue weighted by atomic mass is 10.0. The molecule has 3 aromatic rings. The molecule has 1 saturated heterocycles. The van der Waals surface area contributed by atoms with Crippen molar-refractivity contribution in [2.45, 2.75) is 13.0 Å². The van der Waals surface area contributed by atoms with E-state index in [1.165, 1.54) is 11.1 Å². The van der Waals surface area contributed by atoms with E-state index < -0.39 is 0 Å². The van der Waals surface area contributed by atoms with E-state index in [1.54, 1.807) is 17.7 Å². The van der Waals surface area contributed by atoms with E-state index in [2.05, 4.69) is 43.7 Å². The van der Waals surface area contributed by atoms with Crippen LogP contribution in [0, 0.1) is 0 Å². The number of piperazine rings is 1. The molecule has 28 heavy (non-hydrogen) atoms. The lowest BCUT2D eigenvalue weighted by Gasteiger charge is -2.35. The average Bonchev–Trinajstić information content (AvgIpc) is 3.23. The van der Waals surface area contributed by atoms with Crippen LogP contribution in [-0.2, 0) is 13.0 Å². The predicted octanol–water partition coefficient (Wildman–Crippen LogP) is 2.69. The molecule has 0 bridgehead atoms. The molecule has 2 N–H and O–H groups in total. The molecule has 144 valence electrons. The summed E-state index contributed by atoms with van der Waals surface area (Å²) in [5.41, 5.74) is 3.51. The van der Waals surface area contributed by atoms with Crippen LogP contribution in [0.5, 0.6) is 0 Å². The molecular formula is C20H22N6OS. The van der Waals surface area contributed by atoms with Crippen molar-refractivity contribution >= 4 is 39.1 Å². The van der Waals surface area contributed by atoms with Crippen LogP contribution in [0.3, 0.4) is 0 Å². The van der Waals surface area contributed by atoms with Crippen LogP contribution < -0.4 is 15.5 Å². The van der Waals surface area contributed by atoms with Gasteiger partial charge in [-0.25, -0.2) is 14.8 Å². The van der Waals surface area contributed by atoms with Gasteiger partial charge >= 0.3 is 6.03 Å². The lowest BCUT2D eigenvalue weighted by Crippen LogP contribution is -2.50. The zero-order valence-corrected chi connectivity index (χ0v) is 16.3. The Morgan fingerprint density at radius 2 is 2.00 bits per heavy atom. The number of carbonyl (C=O) groups is 1. The number of thiophene rings is 1. The van der Waals surface area contributed by atoms with Crippen molar-refractivity contribution in [1.29, 1.82) is 0 Å². The highest BCUT2D eigenvalue weighted by molar-refractivity contribution is 7.16. The van der Waals surface area contributed by atoms with Gasteiger partial charge in [0.2, 0.25) is 0 Å². The summed E-state index contributed by atoms with van der Waals surface area (Å²) >= 11 is 1.63. The molecule has 2 aliphatic rings. The number of nitrogens with zero attached hydrogens (tertiary/aromatic N) is 4. The molecular weight excluding hydrogens is 372 g/mol. The molecule has 2 aliphatic heterocycles. The van der Waals surface area contributed by atoms with E-state index in [1.807, 2.05) is 16.3 Å². The summed E-state index contributed by atoms with van der Waals surface area (Å²) in [6, 6.07) is 8.26. The highest BCUT2D eigenvalue weighted by Crippen LogP contribution is 2.27. The Labute approximate surface area is 167 Å². The van der Waals surface area contributed by atoms with E-state index in [0.29, 0.717) is 13.1 Å². The minimum Gasteiger partial charge on any atom is -0.352 e. The zero-order valence-electron chi connectivity index (χ0n) is 15.5. The van der Waals surface area contributed by atoms with Crippen molar-refractivity contribution in [3.05, 3.63) is 47.1 Å². The minimum absolute atomic E-state index is 0.0354. The molecule has 0 spiro atoms. The summed E-state index contributed by atoms with van der Waals surface area (Å²) in [7, 11) is 0. The number of hydrogen-bond donors (Lipinski definition) is 2. The quantitative estimate of drug-likeness (QED) is 0.699. The number of aromatic nitrogens is 2. The summed E-state index contributed by atoms with van der Waals surface area (Å²) < 4.78 is 0. The maximum absolute atomic E-state index is 12.7. The van der Waals surface area contributed by atoms with Crippen molar-refractivity contribution in [3.8, 4) is 0 Å². The molecule has 2 aromatic heterocycles. The maximum Gasteiger partial charge on any atom is 0.321 e.